The lowest BCUT2D eigenvalue weighted by molar-refractivity contribution is 0.0591. The second kappa shape index (κ2) is 9.69. The molecule has 10 nitrogen and oxygen atoms in total. The lowest BCUT2D eigenvalue weighted by Gasteiger charge is -2.18. The molecule has 0 bridgehead atoms. The summed E-state index contributed by atoms with van der Waals surface area (Å²) in [6.45, 7) is 4.36. The summed E-state index contributed by atoms with van der Waals surface area (Å²) in [5.74, 6) is 0.644. The summed E-state index contributed by atoms with van der Waals surface area (Å²) in [7, 11) is 0. The van der Waals surface area contributed by atoms with Crippen LogP contribution in [-0.2, 0) is 13.0 Å². The van der Waals surface area contributed by atoms with Crippen LogP contribution in [0.15, 0.2) is 43.0 Å². The first kappa shape index (κ1) is 22.9. The van der Waals surface area contributed by atoms with E-state index in [0.29, 0.717) is 46.7 Å². The van der Waals surface area contributed by atoms with Gasteiger partial charge >= 0.3 is 6.03 Å². The summed E-state index contributed by atoms with van der Waals surface area (Å²) in [5.41, 5.74) is 1.12. The van der Waals surface area contributed by atoms with E-state index >= 15 is 0 Å². The SMILES string of the molecule is CC(C)(O)Cn1ncc2ncnc(NCCc3cnc(NC(=O)Nc4cccc(Cl)c4)s3)c21. The van der Waals surface area contributed by atoms with Crippen molar-refractivity contribution in [1.29, 1.82) is 0 Å². The molecule has 33 heavy (non-hydrogen) atoms. The minimum Gasteiger partial charge on any atom is -0.389 e. The van der Waals surface area contributed by atoms with Gasteiger partial charge in [-0.15, -0.1) is 11.3 Å². The van der Waals surface area contributed by atoms with E-state index in [1.807, 2.05) is 0 Å². The predicted octanol–water partition coefficient (Wildman–Crippen LogP) is 4.01. The number of halogens is 1. The van der Waals surface area contributed by atoms with Gasteiger partial charge in [0.15, 0.2) is 10.9 Å². The second-order valence-corrected chi connectivity index (χ2v) is 9.52. The Morgan fingerprint density at radius 3 is 2.85 bits per heavy atom. The molecule has 0 atom stereocenters. The molecule has 0 unspecified atom stereocenters. The number of aliphatic hydroxyl groups is 1. The first-order valence-corrected chi connectivity index (χ1v) is 11.4. The number of hydrogen-bond acceptors (Lipinski definition) is 8. The number of aromatic nitrogens is 5. The topological polar surface area (TPSA) is 130 Å². The molecule has 0 radical (unpaired) electrons. The van der Waals surface area contributed by atoms with Crippen molar-refractivity contribution >= 4 is 56.6 Å². The van der Waals surface area contributed by atoms with Gasteiger partial charge in [-0.2, -0.15) is 5.10 Å². The second-order valence-electron chi connectivity index (χ2n) is 7.97. The summed E-state index contributed by atoms with van der Waals surface area (Å²) >= 11 is 7.33. The first-order chi connectivity index (χ1) is 15.8. The van der Waals surface area contributed by atoms with E-state index < -0.39 is 5.60 Å². The summed E-state index contributed by atoms with van der Waals surface area (Å²) in [4.78, 5) is 26.0. The molecular weight excluding hydrogens is 464 g/mol. The molecule has 4 rings (SSSR count). The van der Waals surface area contributed by atoms with E-state index in [4.69, 9.17) is 11.6 Å². The van der Waals surface area contributed by atoms with Crippen LogP contribution in [-0.4, -0.2) is 48.0 Å². The normalized spacial score (nSPS) is 11.5. The van der Waals surface area contributed by atoms with E-state index in [1.165, 1.54) is 17.7 Å². The Hall–Kier alpha value is -3.28. The fourth-order valence-corrected chi connectivity index (χ4v) is 4.15. The van der Waals surface area contributed by atoms with E-state index in [2.05, 4.69) is 36.0 Å². The number of carbonyl (C=O) groups excluding carboxylic acids is 1. The summed E-state index contributed by atoms with van der Waals surface area (Å²) in [6.07, 6.45) is 5.55. The highest BCUT2D eigenvalue weighted by molar-refractivity contribution is 7.15. The number of carbonyl (C=O) groups is 1. The zero-order valence-electron chi connectivity index (χ0n) is 18.0. The molecule has 3 aromatic heterocycles. The number of fused-ring (bicyclic) bond motifs is 1. The van der Waals surface area contributed by atoms with Crippen LogP contribution in [0.25, 0.3) is 11.0 Å². The van der Waals surface area contributed by atoms with Crippen LogP contribution in [0.3, 0.4) is 0 Å². The summed E-state index contributed by atoms with van der Waals surface area (Å²) < 4.78 is 1.70. The molecule has 2 amide bonds. The van der Waals surface area contributed by atoms with Gasteiger partial charge in [0.1, 0.15) is 17.4 Å². The summed E-state index contributed by atoms with van der Waals surface area (Å²) in [6, 6.07) is 6.52. The average Bonchev–Trinajstić information content (AvgIpc) is 3.34. The van der Waals surface area contributed by atoms with Gasteiger partial charge in [-0.1, -0.05) is 17.7 Å². The van der Waals surface area contributed by atoms with Crippen molar-refractivity contribution in [3.63, 3.8) is 0 Å². The lowest BCUT2D eigenvalue weighted by atomic mass is 10.1. The average molecular weight is 487 g/mol. The van der Waals surface area contributed by atoms with Crippen molar-refractivity contribution in [2.75, 3.05) is 22.5 Å². The number of nitrogens with zero attached hydrogens (tertiary/aromatic N) is 5. The van der Waals surface area contributed by atoms with Crippen molar-refractivity contribution in [2.24, 2.45) is 0 Å². The molecule has 12 heteroatoms. The maximum Gasteiger partial charge on any atom is 0.325 e. The zero-order valence-corrected chi connectivity index (χ0v) is 19.6. The highest BCUT2D eigenvalue weighted by atomic mass is 35.5. The first-order valence-electron chi connectivity index (χ1n) is 10.2. The Balaban J connectivity index is 1.34. The monoisotopic (exact) mass is 486 g/mol. The molecule has 1 aromatic carbocycles. The van der Waals surface area contributed by atoms with Gasteiger partial charge in [-0.3, -0.25) is 10.00 Å². The number of amides is 2. The largest absolute Gasteiger partial charge is 0.389 e. The lowest BCUT2D eigenvalue weighted by Crippen LogP contribution is -2.26. The number of rotatable bonds is 8. The quantitative estimate of drug-likeness (QED) is 0.296. The van der Waals surface area contributed by atoms with Gasteiger partial charge in [0, 0.05) is 34.7 Å². The van der Waals surface area contributed by atoms with Gasteiger partial charge in [0.05, 0.1) is 18.3 Å². The minimum absolute atomic E-state index is 0.319. The summed E-state index contributed by atoms with van der Waals surface area (Å²) in [5, 5.41) is 24.3. The maximum atomic E-state index is 12.2. The fraction of sp³-hybridized carbons (Fsp3) is 0.286. The van der Waals surface area contributed by atoms with E-state index in [0.717, 1.165) is 10.4 Å². The van der Waals surface area contributed by atoms with Gasteiger partial charge in [0.25, 0.3) is 0 Å². The number of hydrogen-bond donors (Lipinski definition) is 4. The van der Waals surface area contributed by atoms with Crippen LogP contribution in [0, 0.1) is 0 Å². The van der Waals surface area contributed by atoms with Crippen molar-refractivity contribution in [3.05, 3.63) is 52.9 Å². The number of benzene rings is 1. The Labute approximate surface area is 199 Å². The third kappa shape index (κ3) is 6.15. The van der Waals surface area contributed by atoms with E-state index in [9.17, 15) is 9.90 Å². The Morgan fingerprint density at radius 2 is 2.06 bits per heavy atom. The molecule has 0 fully saturated rings. The van der Waals surface area contributed by atoms with Crippen molar-refractivity contribution in [2.45, 2.75) is 32.4 Å². The Morgan fingerprint density at radius 1 is 1.21 bits per heavy atom. The Kier molecular flexibility index (Phi) is 6.72. The van der Waals surface area contributed by atoms with Gasteiger partial charge < -0.3 is 15.7 Å². The molecule has 0 aliphatic rings. The van der Waals surface area contributed by atoms with Crippen molar-refractivity contribution < 1.29 is 9.90 Å². The van der Waals surface area contributed by atoms with Crippen LogP contribution in [0.2, 0.25) is 5.02 Å². The predicted molar refractivity (Wildman–Crippen MR) is 130 cm³/mol. The number of thiazole rings is 1. The van der Waals surface area contributed by atoms with Crippen LogP contribution in [0.4, 0.5) is 21.4 Å². The third-order valence-electron chi connectivity index (χ3n) is 4.49. The molecule has 4 aromatic rings. The van der Waals surface area contributed by atoms with Crippen LogP contribution >= 0.6 is 22.9 Å². The number of urea groups is 1. The fourth-order valence-electron chi connectivity index (χ4n) is 3.15. The van der Waals surface area contributed by atoms with Crippen molar-refractivity contribution in [1.82, 2.24) is 24.7 Å². The van der Waals surface area contributed by atoms with Crippen LogP contribution in [0.5, 0.6) is 0 Å². The molecule has 0 aliphatic heterocycles. The van der Waals surface area contributed by atoms with Crippen LogP contribution in [0.1, 0.15) is 18.7 Å². The third-order valence-corrected chi connectivity index (χ3v) is 5.69. The zero-order chi connectivity index (χ0) is 23.4. The molecule has 0 aliphatic carbocycles. The molecular formula is C21H23ClN8O2S. The Bertz CT molecular complexity index is 1270. The minimum atomic E-state index is -0.919. The molecule has 3 heterocycles. The van der Waals surface area contributed by atoms with Gasteiger partial charge in [-0.05, 0) is 32.0 Å². The smallest absolute Gasteiger partial charge is 0.325 e. The number of nitrogens with one attached hydrogen (secondary N) is 3. The van der Waals surface area contributed by atoms with Gasteiger partial charge in [-0.25, -0.2) is 19.7 Å². The van der Waals surface area contributed by atoms with E-state index in [1.54, 1.807) is 55.2 Å². The highest BCUT2D eigenvalue weighted by Crippen LogP contribution is 2.22. The molecule has 0 saturated carbocycles. The van der Waals surface area contributed by atoms with Gasteiger partial charge in [0.2, 0.25) is 0 Å². The van der Waals surface area contributed by atoms with Crippen LogP contribution < -0.4 is 16.0 Å². The van der Waals surface area contributed by atoms with Crippen molar-refractivity contribution in [3.8, 4) is 0 Å². The number of anilines is 3. The molecule has 172 valence electrons. The molecule has 4 N–H and O–H groups in total. The highest BCUT2D eigenvalue weighted by Gasteiger charge is 2.18. The van der Waals surface area contributed by atoms with E-state index in [-0.39, 0.29) is 6.03 Å². The molecule has 0 saturated heterocycles. The maximum absolute atomic E-state index is 12.2. The molecule has 0 spiro atoms. The standard InChI is InChI=1S/C21H23ClN8O2S/c1-21(2,32)11-30-17-16(10-27-30)25-12-26-18(17)23-7-6-15-9-24-20(33-15)29-19(31)28-14-5-3-4-13(22)8-14/h3-5,8-10,12,32H,6-7,11H2,1-2H3,(H,23,25,26)(H2,24,28,29,31).